The van der Waals surface area contributed by atoms with Gasteiger partial charge in [0.15, 0.2) is 0 Å². The van der Waals surface area contributed by atoms with Crippen LogP contribution in [0.15, 0.2) is 0 Å². The van der Waals surface area contributed by atoms with Crippen LogP contribution in [-0.2, 0) is 0 Å². The SMILES string of the molecule is CCCC(C)(CNC)CN1CC2CCC1C2. The van der Waals surface area contributed by atoms with Crippen molar-refractivity contribution in [1.82, 2.24) is 10.2 Å². The Bertz CT molecular complexity index is 221. The van der Waals surface area contributed by atoms with E-state index in [1.807, 2.05) is 0 Å². The zero-order chi connectivity index (χ0) is 11.6. The summed E-state index contributed by atoms with van der Waals surface area (Å²) < 4.78 is 0. The van der Waals surface area contributed by atoms with Crippen LogP contribution in [0.2, 0.25) is 0 Å². The van der Waals surface area contributed by atoms with Gasteiger partial charge in [0.1, 0.15) is 0 Å². The first kappa shape index (κ1) is 12.4. The maximum Gasteiger partial charge on any atom is 0.00988 e. The maximum absolute atomic E-state index is 3.38. The number of rotatable bonds is 6. The molecule has 1 heterocycles. The van der Waals surface area contributed by atoms with Crippen LogP contribution >= 0.6 is 0 Å². The summed E-state index contributed by atoms with van der Waals surface area (Å²) in [5, 5.41) is 3.38. The van der Waals surface area contributed by atoms with Crippen molar-refractivity contribution in [2.45, 2.75) is 52.0 Å². The van der Waals surface area contributed by atoms with E-state index in [2.05, 4.69) is 31.1 Å². The molecule has 0 aromatic carbocycles. The summed E-state index contributed by atoms with van der Waals surface area (Å²) in [6, 6.07) is 0.929. The van der Waals surface area contributed by atoms with Gasteiger partial charge in [-0.3, -0.25) is 4.90 Å². The molecule has 2 aliphatic rings. The molecule has 2 heteroatoms. The summed E-state index contributed by atoms with van der Waals surface area (Å²) in [7, 11) is 2.09. The van der Waals surface area contributed by atoms with Gasteiger partial charge in [-0.2, -0.15) is 0 Å². The molecule has 0 spiro atoms. The Labute approximate surface area is 101 Å². The number of hydrogen-bond donors (Lipinski definition) is 1. The van der Waals surface area contributed by atoms with Gasteiger partial charge in [-0.05, 0) is 44.1 Å². The molecule has 1 aliphatic carbocycles. The Morgan fingerprint density at radius 3 is 2.69 bits per heavy atom. The molecule has 2 nitrogen and oxygen atoms in total. The Hall–Kier alpha value is -0.0800. The van der Waals surface area contributed by atoms with Crippen LogP contribution in [0.25, 0.3) is 0 Å². The van der Waals surface area contributed by atoms with Crippen LogP contribution in [0.4, 0.5) is 0 Å². The number of hydrogen-bond acceptors (Lipinski definition) is 2. The van der Waals surface area contributed by atoms with Crippen LogP contribution in [0.3, 0.4) is 0 Å². The second-order valence-electron chi connectivity index (χ2n) is 6.35. The van der Waals surface area contributed by atoms with Crippen LogP contribution in [-0.4, -0.2) is 37.6 Å². The summed E-state index contributed by atoms with van der Waals surface area (Å²) in [6.45, 7) is 8.62. The number of piperidine rings is 1. The van der Waals surface area contributed by atoms with Crippen LogP contribution in [0, 0.1) is 11.3 Å². The van der Waals surface area contributed by atoms with E-state index >= 15 is 0 Å². The predicted molar refractivity (Wildman–Crippen MR) is 69.6 cm³/mol. The van der Waals surface area contributed by atoms with E-state index in [0.717, 1.165) is 18.5 Å². The molecule has 0 aromatic rings. The summed E-state index contributed by atoms with van der Waals surface area (Å²) in [4.78, 5) is 2.78. The zero-order valence-electron chi connectivity index (χ0n) is 11.3. The first-order chi connectivity index (χ1) is 7.67. The molecule has 1 saturated heterocycles. The molecule has 0 amide bonds. The monoisotopic (exact) mass is 224 g/mol. The topological polar surface area (TPSA) is 15.3 Å². The van der Waals surface area contributed by atoms with E-state index in [-0.39, 0.29) is 0 Å². The van der Waals surface area contributed by atoms with Gasteiger partial charge in [0.2, 0.25) is 0 Å². The van der Waals surface area contributed by atoms with E-state index < -0.39 is 0 Å². The average Bonchev–Trinajstić information content (AvgIpc) is 2.79. The lowest BCUT2D eigenvalue weighted by atomic mass is 9.84. The molecule has 16 heavy (non-hydrogen) atoms. The van der Waals surface area contributed by atoms with Crippen molar-refractivity contribution in [2.24, 2.45) is 11.3 Å². The summed E-state index contributed by atoms with van der Waals surface area (Å²) >= 11 is 0. The van der Waals surface area contributed by atoms with Gasteiger partial charge in [-0.15, -0.1) is 0 Å². The van der Waals surface area contributed by atoms with Crippen molar-refractivity contribution in [3.05, 3.63) is 0 Å². The molecule has 2 fully saturated rings. The molecule has 0 aromatic heterocycles. The fourth-order valence-electron chi connectivity index (χ4n) is 3.96. The highest BCUT2D eigenvalue weighted by Gasteiger charge is 2.40. The van der Waals surface area contributed by atoms with Crippen molar-refractivity contribution in [3.63, 3.8) is 0 Å². The second-order valence-corrected chi connectivity index (χ2v) is 6.35. The second kappa shape index (κ2) is 5.05. The van der Waals surface area contributed by atoms with E-state index in [4.69, 9.17) is 0 Å². The zero-order valence-corrected chi connectivity index (χ0v) is 11.3. The third-order valence-electron chi connectivity index (χ3n) is 4.56. The predicted octanol–water partition coefficient (Wildman–Crippen LogP) is 2.50. The Morgan fingerprint density at radius 2 is 2.19 bits per heavy atom. The van der Waals surface area contributed by atoms with Crippen molar-refractivity contribution in [1.29, 1.82) is 0 Å². The number of fused-ring (bicyclic) bond motifs is 2. The van der Waals surface area contributed by atoms with E-state index in [1.54, 1.807) is 0 Å². The normalized spacial score (nSPS) is 33.2. The Morgan fingerprint density at radius 1 is 1.38 bits per heavy atom. The lowest BCUT2D eigenvalue weighted by Crippen LogP contribution is -2.44. The fourth-order valence-corrected chi connectivity index (χ4v) is 3.96. The third-order valence-corrected chi connectivity index (χ3v) is 4.56. The number of nitrogens with one attached hydrogen (secondary N) is 1. The molecule has 3 unspecified atom stereocenters. The third kappa shape index (κ3) is 2.60. The van der Waals surface area contributed by atoms with Crippen molar-refractivity contribution in [3.8, 4) is 0 Å². The van der Waals surface area contributed by atoms with Crippen LogP contribution in [0.5, 0.6) is 0 Å². The van der Waals surface area contributed by atoms with Gasteiger partial charge in [-0.1, -0.05) is 20.3 Å². The average molecular weight is 224 g/mol. The van der Waals surface area contributed by atoms with Gasteiger partial charge in [0.05, 0.1) is 0 Å². The van der Waals surface area contributed by atoms with Gasteiger partial charge in [-0.25, -0.2) is 0 Å². The maximum atomic E-state index is 3.38. The van der Waals surface area contributed by atoms with Crippen molar-refractivity contribution in [2.75, 3.05) is 26.7 Å². The molecule has 2 bridgehead atoms. The van der Waals surface area contributed by atoms with Gasteiger partial charge < -0.3 is 5.32 Å². The molecule has 1 aliphatic heterocycles. The summed E-state index contributed by atoms with van der Waals surface area (Å²) in [5.74, 6) is 1.03. The molecular weight excluding hydrogens is 196 g/mol. The Kier molecular flexibility index (Phi) is 3.91. The molecule has 3 atom stereocenters. The van der Waals surface area contributed by atoms with Crippen molar-refractivity contribution < 1.29 is 0 Å². The standard InChI is InChI=1S/C14H28N2/c1-4-7-14(2,10-15-3)11-16-9-12-5-6-13(16)8-12/h12-13,15H,4-11H2,1-3H3. The highest BCUT2D eigenvalue weighted by molar-refractivity contribution is 4.94. The van der Waals surface area contributed by atoms with Crippen LogP contribution in [0.1, 0.15) is 46.0 Å². The largest absolute Gasteiger partial charge is 0.319 e. The molecule has 0 radical (unpaired) electrons. The van der Waals surface area contributed by atoms with Gasteiger partial charge in [0, 0.05) is 25.7 Å². The smallest absolute Gasteiger partial charge is 0.00988 e. The van der Waals surface area contributed by atoms with Crippen LogP contribution < -0.4 is 5.32 Å². The highest BCUT2D eigenvalue weighted by Crippen LogP contribution is 2.39. The van der Waals surface area contributed by atoms with Crippen molar-refractivity contribution >= 4 is 0 Å². The molecule has 1 saturated carbocycles. The lowest BCUT2D eigenvalue weighted by molar-refractivity contribution is 0.122. The number of nitrogens with zero attached hydrogens (tertiary/aromatic N) is 1. The van der Waals surface area contributed by atoms with E-state index in [0.29, 0.717) is 5.41 Å². The molecular formula is C14H28N2. The molecule has 94 valence electrons. The fraction of sp³-hybridized carbons (Fsp3) is 1.00. The van der Waals surface area contributed by atoms with Gasteiger partial charge >= 0.3 is 0 Å². The quantitative estimate of drug-likeness (QED) is 0.746. The summed E-state index contributed by atoms with van der Waals surface area (Å²) in [6.07, 6.45) is 7.10. The van der Waals surface area contributed by atoms with Gasteiger partial charge in [0.25, 0.3) is 0 Å². The Balaban J connectivity index is 1.90. The van der Waals surface area contributed by atoms with E-state index in [9.17, 15) is 0 Å². The minimum atomic E-state index is 0.480. The molecule has 1 N–H and O–H groups in total. The van der Waals surface area contributed by atoms with E-state index in [1.165, 1.54) is 45.2 Å². The first-order valence-corrected chi connectivity index (χ1v) is 7.05. The minimum Gasteiger partial charge on any atom is -0.319 e. The number of likely N-dealkylation sites (tertiary alicyclic amines) is 1. The summed E-state index contributed by atoms with van der Waals surface area (Å²) in [5.41, 5.74) is 0.480. The molecule has 2 rings (SSSR count). The minimum absolute atomic E-state index is 0.480. The first-order valence-electron chi connectivity index (χ1n) is 7.05. The lowest BCUT2D eigenvalue weighted by Gasteiger charge is -2.37. The highest BCUT2D eigenvalue weighted by atomic mass is 15.2.